The van der Waals surface area contributed by atoms with Crippen LogP contribution in [-0.4, -0.2) is 31.5 Å². The van der Waals surface area contributed by atoms with Gasteiger partial charge < -0.3 is 10.1 Å². The van der Waals surface area contributed by atoms with Crippen LogP contribution in [0.25, 0.3) is 0 Å². The van der Waals surface area contributed by atoms with E-state index >= 15 is 0 Å². The third-order valence-corrected chi connectivity index (χ3v) is 4.50. The van der Waals surface area contributed by atoms with Gasteiger partial charge in [0.2, 0.25) is 5.91 Å². The molecular formula is C15H17BrN2O2S. The van der Waals surface area contributed by atoms with Crippen LogP contribution in [0.4, 0.5) is 5.69 Å². The van der Waals surface area contributed by atoms with Crippen molar-refractivity contribution in [2.45, 2.75) is 6.54 Å². The van der Waals surface area contributed by atoms with Crippen LogP contribution in [0.5, 0.6) is 5.75 Å². The molecule has 0 aliphatic heterocycles. The van der Waals surface area contributed by atoms with Gasteiger partial charge in [-0.2, -0.15) is 0 Å². The second-order valence-corrected chi connectivity index (χ2v) is 6.60. The van der Waals surface area contributed by atoms with Crippen molar-refractivity contribution < 1.29 is 9.53 Å². The Morgan fingerprint density at radius 2 is 2.24 bits per heavy atom. The normalized spacial score (nSPS) is 10.7. The summed E-state index contributed by atoms with van der Waals surface area (Å²) in [6.07, 6.45) is 0. The number of thiophene rings is 1. The standard InChI is InChI=1S/C15H17BrN2O2S/c1-18(8-14-6-11(16)10-21-14)9-15(19)17-12-4-3-5-13(7-12)20-2/h3-7,10H,8-9H2,1-2H3,(H,17,19). The lowest BCUT2D eigenvalue weighted by Gasteiger charge is -2.15. The van der Waals surface area contributed by atoms with E-state index in [2.05, 4.69) is 27.3 Å². The molecule has 0 atom stereocenters. The van der Waals surface area contributed by atoms with Crippen LogP contribution in [0.1, 0.15) is 4.88 Å². The molecule has 2 aromatic rings. The number of carbonyl (C=O) groups is 1. The van der Waals surface area contributed by atoms with Gasteiger partial charge in [0.25, 0.3) is 0 Å². The number of anilines is 1. The van der Waals surface area contributed by atoms with Crippen LogP contribution in [-0.2, 0) is 11.3 Å². The molecule has 2 rings (SSSR count). The van der Waals surface area contributed by atoms with Gasteiger partial charge in [-0.25, -0.2) is 0 Å². The number of nitrogens with zero attached hydrogens (tertiary/aromatic N) is 1. The van der Waals surface area contributed by atoms with Crippen LogP contribution in [0.3, 0.4) is 0 Å². The predicted octanol–water partition coefficient (Wildman–Crippen LogP) is 3.59. The molecule has 1 aromatic carbocycles. The zero-order chi connectivity index (χ0) is 15.2. The number of nitrogens with one attached hydrogen (secondary N) is 1. The van der Waals surface area contributed by atoms with E-state index in [4.69, 9.17) is 4.74 Å². The Labute approximate surface area is 136 Å². The summed E-state index contributed by atoms with van der Waals surface area (Å²) in [5.74, 6) is 0.686. The van der Waals surface area contributed by atoms with Gasteiger partial charge >= 0.3 is 0 Å². The molecule has 0 aliphatic rings. The molecule has 1 amide bonds. The van der Waals surface area contributed by atoms with Gasteiger partial charge in [-0.05, 0) is 41.2 Å². The van der Waals surface area contributed by atoms with Crippen molar-refractivity contribution in [3.8, 4) is 5.75 Å². The summed E-state index contributed by atoms with van der Waals surface area (Å²) >= 11 is 5.11. The minimum absolute atomic E-state index is 0.0404. The molecule has 0 spiro atoms. The topological polar surface area (TPSA) is 41.6 Å². The van der Waals surface area contributed by atoms with E-state index < -0.39 is 0 Å². The summed E-state index contributed by atoms with van der Waals surface area (Å²) in [6, 6.07) is 9.41. The molecule has 4 nitrogen and oxygen atoms in total. The minimum atomic E-state index is -0.0404. The second kappa shape index (κ2) is 7.59. The fraction of sp³-hybridized carbons (Fsp3) is 0.267. The van der Waals surface area contributed by atoms with Crippen molar-refractivity contribution >= 4 is 38.9 Å². The zero-order valence-corrected chi connectivity index (χ0v) is 14.3. The molecule has 21 heavy (non-hydrogen) atoms. The Kier molecular flexibility index (Phi) is 5.78. The van der Waals surface area contributed by atoms with E-state index in [1.165, 1.54) is 4.88 Å². The van der Waals surface area contributed by atoms with Crippen LogP contribution in [0.2, 0.25) is 0 Å². The highest BCUT2D eigenvalue weighted by atomic mass is 79.9. The molecule has 1 aromatic heterocycles. The molecule has 0 aliphatic carbocycles. The lowest BCUT2D eigenvalue weighted by Crippen LogP contribution is -2.29. The first kappa shape index (κ1) is 16.0. The summed E-state index contributed by atoms with van der Waals surface area (Å²) in [4.78, 5) is 15.2. The Morgan fingerprint density at radius 1 is 1.43 bits per heavy atom. The van der Waals surface area contributed by atoms with Crippen LogP contribution in [0.15, 0.2) is 40.2 Å². The Hall–Kier alpha value is -1.37. The van der Waals surface area contributed by atoms with E-state index in [-0.39, 0.29) is 5.91 Å². The number of halogens is 1. The van der Waals surface area contributed by atoms with Gasteiger partial charge in [0, 0.05) is 33.0 Å². The first-order valence-electron chi connectivity index (χ1n) is 6.42. The van der Waals surface area contributed by atoms with Crippen molar-refractivity contribution in [2.24, 2.45) is 0 Å². The number of carbonyl (C=O) groups excluding carboxylic acids is 1. The predicted molar refractivity (Wildman–Crippen MR) is 90.0 cm³/mol. The molecule has 0 saturated heterocycles. The highest BCUT2D eigenvalue weighted by molar-refractivity contribution is 9.10. The number of likely N-dealkylation sites (N-methyl/N-ethyl adjacent to an activating group) is 1. The largest absolute Gasteiger partial charge is 0.497 e. The monoisotopic (exact) mass is 368 g/mol. The number of benzene rings is 1. The third-order valence-electron chi connectivity index (χ3n) is 2.81. The first-order chi connectivity index (χ1) is 10.1. The number of ether oxygens (including phenoxy) is 1. The van der Waals surface area contributed by atoms with Crippen molar-refractivity contribution in [3.05, 3.63) is 45.1 Å². The maximum absolute atomic E-state index is 12.0. The molecule has 0 unspecified atom stereocenters. The van der Waals surface area contributed by atoms with Crippen LogP contribution in [0, 0.1) is 0 Å². The molecule has 0 fully saturated rings. The van der Waals surface area contributed by atoms with E-state index in [9.17, 15) is 4.79 Å². The highest BCUT2D eigenvalue weighted by Gasteiger charge is 2.09. The lowest BCUT2D eigenvalue weighted by atomic mass is 10.3. The van der Waals surface area contributed by atoms with E-state index in [1.54, 1.807) is 24.5 Å². The smallest absolute Gasteiger partial charge is 0.238 e. The Morgan fingerprint density at radius 3 is 2.90 bits per heavy atom. The molecule has 0 saturated carbocycles. The highest BCUT2D eigenvalue weighted by Crippen LogP contribution is 2.21. The van der Waals surface area contributed by atoms with Crippen LogP contribution >= 0.6 is 27.3 Å². The number of hydrogen-bond donors (Lipinski definition) is 1. The maximum atomic E-state index is 12.0. The van der Waals surface area contributed by atoms with E-state index in [0.717, 1.165) is 22.5 Å². The zero-order valence-electron chi connectivity index (χ0n) is 11.9. The second-order valence-electron chi connectivity index (χ2n) is 4.68. The van der Waals surface area contributed by atoms with Gasteiger partial charge in [-0.15, -0.1) is 11.3 Å². The van der Waals surface area contributed by atoms with Crippen molar-refractivity contribution in [1.82, 2.24) is 4.90 Å². The van der Waals surface area contributed by atoms with Gasteiger partial charge in [-0.3, -0.25) is 9.69 Å². The summed E-state index contributed by atoms with van der Waals surface area (Å²) in [5, 5.41) is 4.91. The molecule has 6 heteroatoms. The van der Waals surface area contributed by atoms with E-state index in [0.29, 0.717) is 6.54 Å². The third kappa shape index (κ3) is 5.15. The number of rotatable bonds is 6. The van der Waals surface area contributed by atoms with Gasteiger partial charge in [0.05, 0.1) is 13.7 Å². The average Bonchev–Trinajstić information content (AvgIpc) is 2.83. The van der Waals surface area contributed by atoms with Gasteiger partial charge in [-0.1, -0.05) is 6.07 Å². The fourth-order valence-corrected chi connectivity index (χ4v) is 3.44. The number of hydrogen-bond acceptors (Lipinski definition) is 4. The summed E-state index contributed by atoms with van der Waals surface area (Å²) in [7, 11) is 3.53. The minimum Gasteiger partial charge on any atom is -0.497 e. The molecular weight excluding hydrogens is 352 g/mol. The lowest BCUT2D eigenvalue weighted by molar-refractivity contribution is -0.117. The van der Waals surface area contributed by atoms with Crippen molar-refractivity contribution in [3.63, 3.8) is 0 Å². The number of methoxy groups -OCH3 is 1. The molecule has 112 valence electrons. The SMILES string of the molecule is COc1cccc(NC(=O)CN(C)Cc2cc(Br)cs2)c1. The first-order valence-corrected chi connectivity index (χ1v) is 8.09. The Bertz CT molecular complexity index is 615. The molecule has 0 radical (unpaired) electrons. The summed E-state index contributed by atoms with van der Waals surface area (Å²) < 4.78 is 6.21. The van der Waals surface area contributed by atoms with E-state index in [1.807, 2.05) is 35.5 Å². The number of amides is 1. The fourth-order valence-electron chi connectivity index (χ4n) is 1.91. The van der Waals surface area contributed by atoms with Crippen molar-refractivity contribution in [1.29, 1.82) is 0 Å². The maximum Gasteiger partial charge on any atom is 0.238 e. The summed E-state index contributed by atoms with van der Waals surface area (Å²) in [5.41, 5.74) is 0.742. The Balaban J connectivity index is 1.85. The van der Waals surface area contributed by atoms with Crippen LogP contribution < -0.4 is 10.1 Å². The van der Waals surface area contributed by atoms with Gasteiger partial charge in [0.1, 0.15) is 5.75 Å². The van der Waals surface area contributed by atoms with Gasteiger partial charge in [0.15, 0.2) is 0 Å². The average molecular weight is 369 g/mol. The molecule has 1 N–H and O–H groups in total. The molecule has 0 bridgehead atoms. The summed E-state index contributed by atoms with van der Waals surface area (Å²) in [6.45, 7) is 1.09. The van der Waals surface area contributed by atoms with Crippen molar-refractivity contribution in [2.75, 3.05) is 26.0 Å². The molecule has 1 heterocycles. The quantitative estimate of drug-likeness (QED) is 0.846.